The van der Waals surface area contributed by atoms with Crippen molar-refractivity contribution < 1.29 is 27.7 Å². The molecular formula is C21H24F2N4O4S. The molecule has 8 nitrogen and oxygen atoms in total. The molecule has 3 rings (SSSR count). The summed E-state index contributed by atoms with van der Waals surface area (Å²) in [6.45, 7) is 2.16. The molecule has 2 N–H and O–H groups in total. The molecule has 1 atom stereocenters. The maximum absolute atomic E-state index is 13.8. The van der Waals surface area contributed by atoms with Gasteiger partial charge in [0.1, 0.15) is 5.82 Å². The Morgan fingerprint density at radius 2 is 2.00 bits per heavy atom. The molecule has 11 heteroatoms. The van der Waals surface area contributed by atoms with Crippen LogP contribution in [0.2, 0.25) is 0 Å². The molecule has 1 unspecified atom stereocenters. The van der Waals surface area contributed by atoms with Crippen LogP contribution in [-0.4, -0.2) is 51.6 Å². The summed E-state index contributed by atoms with van der Waals surface area (Å²) in [6, 6.07) is 7.61. The SMILES string of the molecule is Cc1ccnc(N2CCCC(F)(F)CC2)c1C(=O)Nc1cccc(S(C)(=O)=NC(=O)O)c1. The van der Waals surface area contributed by atoms with Gasteiger partial charge in [0.05, 0.1) is 15.3 Å². The minimum Gasteiger partial charge on any atom is -0.463 e. The summed E-state index contributed by atoms with van der Waals surface area (Å²) in [5, 5.41) is 11.5. The molecule has 1 aliphatic rings. The number of rotatable bonds is 4. The fourth-order valence-corrected chi connectivity index (χ4v) is 4.62. The van der Waals surface area contributed by atoms with Gasteiger partial charge in [0, 0.05) is 49.0 Å². The number of carboxylic acid groups (broad SMARTS) is 1. The lowest BCUT2D eigenvalue weighted by molar-refractivity contribution is -0.0102. The number of aryl methyl sites for hydroxylation is 1. The number of nitrogens with one attached hydrogen (secondary N) is 1. The highest BCUT2D eigenvalue weighted by Gasteiger charge is 2.33. The van der Waals surface area contributed by atoms with E-state index in [0.29, 0.717) is 23.6 Å². The van der Waals surface area contributed by atoms with E-state index in [2.05, 4.69) is 14.7 Å². The largest absolute Gasteiger partial charge is 0.463 e. The van der Waals surface area contributed by atoms with Crippen LogP contribution in [0.1, 0.15) is 35.2 Å². The van der Waals surface area contributed by atoms with E-state index in [1.54, 1.807) is 24.0 Å². The Morgan fingerprint density at radius 1 is 1.25 bits per heavy atom. The van der Waals surface area contributed by atoms with Crippen LogP contribution in [0.25, 0.3) is 0 Å². The van der Waals surface area contributed by atoms with Crippen molar-refractivity contribution in [2.45, 2.75) is 37.0 Å². The van der Waals surface area contributed by atoms with E-state index in [-0.39, 0.29) is 36.3 Å². The van der Waals surface area contributed by atoms with E-state index >= 15 is 0 Å². The molecule has 0 bridgehead atoms. The van der Waals surface area contributed by atoms with Gasteiger partial charge in [0.25, 0.3) is 5.91 Å². The van der Waals surface area contributed by atoms with E-state index in [0.717, 1.165) is 0 Å². The van der Waals surface area contributed by atoms with E-state index in [1.165, 1.54) is 30.7 Å². The average molecular weight is 467 g/mol. The van der Waals surface area contributed by atoms with Crippen molar-refractivity contribution >= 4 is 33.2 Å². The maximum atomic E-state index is 13.8. The normalized spacial score (nSPS) is 17.7. The zero-order valence-electron chi connectivity index (χ0n) is 17.7. The molecule has 32 heavy (non-hydrogen) atoms. The number of hydrogen-bond donors (Lipinski definition) is 2. The van der Waals surface area contributed by atoms with Gasteiger partial charge in [-0.05, 0) is 43.2 Å². The number of anilines is 2. The minimum absolute atomic E-state index is 0.0772. The van der Waals surface area contributed by atoms with Crippen LogP contribution < -0.4 is 10.2 Å². The molecule has 2 amide bonds. The Hall–Kier alpha value is -3.08. The van der Waals surface area contributed by atoms with Crippen LogP contribution in [0.4, 0.5) is 25.1 Å². The van der Waals surface area contributed by atoms with Crippen LogP contribution >= 0.6 is 0 Å². The van der Waals surface area contributed by atoms with E-state index < -0.39 is 27.7 Å². The Bertz CT molecular complexity index is 1160. The first-order valence-electron chi connectivity index (χ1n) is 9.93. The second-order valence-electron chi connectivity index (χ2n) is 7.68. The number of halogens is 2. The number of aromatic nitrogens is 1. The van der Waals surface area contributed by atoms with Crippen molar-refractivity contribution in [3.8, 4) is 0 Å². The predicted octanol–water partition coefficient (Wildman–Crippen LogP) is 4.40. The van der Waals surface area contributed by atoms with E-state index in [4.69, 9.17) is 5.11 Å². The highest BCUT2D eigenvalue weighted by Crippen LogP contribution is 2.31. The summed E-state index contributed by atoms with van der Waals surface area (Å²) < 4.78 is 43.4. The van der Waals surface area contributed by atoms with Gasteiger partial charge in [-0.2, -0.15) is 0 Å². The zero-order valence-corrected chi connectivity index (χ0v) is 18.5. The number of carbonyl (C=O) groups excluding carboxylic acids is 1. The first-order chi connectivity index (χ1) is 15.0. The quantitative estimate of drug-likeness (QED) is 0.691. The number of nitrogens with zero attached hydrogens (tertiary/aromatic N) is 3. The molecule has 1 aliphatic heterocycles. The zero-order chi connectivity index (χ0) is 23.5. The van der Waals surface area contributed by atoms with Crippen LogP contribution in [0, 0.1) is 6.92 Å². The van der Waals surface area contributed by atoms with Gasteiger partial charge >= 0.3 is 6.09 Å². The molecular weight excluding hydrogens is 442 g/mol. The van der Waals surface area contributed by atoms with Gasteiger partial charge in [-0.15, -0.1) is 4.36 Å². The summed E-state index contributed by atoms with van der Waals surface area (Å²) in [7, 11) is -3.20. The third-order valence-electron chi connectivity index (χ3n) is 5.17. The second kappa shape index (κ2) is 9.19. The minimum atomic E-state index is -3.20. The lowest BCUT2D eigenvalue weighted by Gasteiger charge is -2.24. The van der Waals surface area contributed by atoms with Gasteiger partial charge in [-0.25, -0.2) is 22.8 Å². The van der Waals surface area contributed by atoms with Crippen LogP contribution in [0.15, 0.2) is 45.8 Å². The van der Waals surface area contributed by atoms with E-state index in [9.17, 15) is 22.6 Å². The summed E-state index contributed by atoms with van der Waals surface area (Å²) in [5.74, 6) is -2.91. The first-order valence-corrected chi connectivity index (χ1v) is 11.9. The highest BCUT2D eigenvalue weighted by molar-refractivity contribution is 7.93. The fraction of sp³-hybridized carbons (Fsp3) is 0.381. The van der Waals surface area contributed by atoms with Crippen LogP contribution in [0.3, 0.4) is 0 Å². The molecule has 0 radical (unpaired) electrons. The van der Waals surface area contributed by atoms with Gasteiger partial charge in [-0.1, -0.05) is 6.07 Å². The monoisotopic (exact) mass is 466 g/mol. The molecule has 0 spiro atoms. The number of benzene rings is 1. The number of amides is 2. The summed E-state index contributed by atoms with van der Waals surface area (Å²) in [4.78, 5) is 30.1. The second-order valence-corrected chi connectivity index (χ2v) is 9.94. The number of pyridine rings is 1. The van der Waals surface area contributed by atoms with Crippen molar-refractivity contribution in [2.24, 2.45) is 4.36 Å². The number of carbonyl (C=O) groups is 2. The third-order valence-corrected chi connectivity index (χ3v) is 6.80. The lowest BCUT2D eigenvalue weighted by Crippen LogP contribution is -2.29. The fourth-order valence-electron chi connectivity index (χ4n) is 3.54. The molecule has 2 heterocycles. The van der Waals surface area contributed by atoms with Gasteiger partial charge in [0.15, 0.2) is 0 Å². The van der Waals surface area contributed by atoms with Gasteiger partial charge < -0.3 is 15.3 Å². The number of alkyl halides is 2. The average Bonchev–Trinajstić information content (AvgIpc) is 2.87. The third kappa shape index (κ3) is 5.58. The van der Waals surface area contributed by atoms with Crippen molar-refractivity contribution in [2.75, 3.05) is 29.6 Å². The highest BCUT2D eigenvalue weighted by atomic mass is 32.2. The smallest absolute Gasteiger partial charge is 0.439 e. The maximum Gasteiger partial charge on any atom is 0.439 e. The van der Waals surface area contributed by atoms with Crippen molar-refractivity contribution in [1.29, 1.82) is 0 Å². The molecule has 1 fully saturated rings. The first kappa shape index (κ1) is 23.6. The Balaban J connectivity index is 1.91. The predicted molar refractivity (Wildman–Crippen MR) is 117 cm³/mol. The summed E-state index contributed by atoms with van der Waals surface area (Å²) >= 11 is 0. The van der Waals surface area contributed by atoms with Crippen molar-refractivity contribution in [3.63, 3.8) is 0 Å². The Kier molecular flexibility index (Phi) is 6.77. The Morgan fingerprint density at radius 3 is 2.72 bits per heavy atom. The molecule has 1 saturated heterocycles. The molecule has 172 valence electrons. The topological polar surface area (TPSA) is 112 Å². The molecule has 1 aromatic heterocycles. The van der Waals surface area contributed by atoms with Gasteiger partial charge in [0.2, 0.25) is 5.92 Å². The molecule has 0 saturated carbocycles. The summed E-state index contributed by atoms with van der Waals surface area (Å²) in [6.07, 6.45) is 0.936. The van der Waals surface area contributed by atoms with Gasteiger partial charge in [-0.3, -0.25) is 4.79 Å². The Labute approximate surface area is 184 Å². The van der Waals surface area contributed by atoms with E-state index in [1.807, 2.05) is 0 Å². The molecule has 2 aromatic rings. The number of hydrogen-bond acceptors (Lipinski definition) is 5. The molecule has 1 aromatic carbocycles. The van der Waals surface area contributed by atoms with Crippen LogP contribution in [0.5, 0.6) is 0 Å². The van der Waals surface area contributed by atoms with Crippen molar-refractivity contribution in [1.82, 2.24) is 4.98 Å². The lowest BCUT2D eigenvalue weighted by atomic mass is 10.1. The summed E-state index contributed by atoms with van der Waals surface area (Å²) in [5.41, 5.74) is 1.18. The van der Waals surface area contributed by atoms with Crippen molar-refractivity contribution in [3.05, 3.63) is 47.7 Å². The molecule has 0 aliphatic carbocycles. The van der Waals surface area contributed by atoms with Crippen LogP contribution in [-0.2, 0) is 9.73 Å². The standard InChI is InChI=1S/C21H24F2N4O4S/c1-14-7-10-24-18(27-11-4-8-21(22,23)9-12-27)17(14)19(28)25-15-5-3-6-16(13-15)32(2,31)26-20(29)30/h3,5-7,10,13H,4,8-9,11-12H2,1-2H3,(H,25,28)(H,29,30).